The second-order valence-corrected chi connectivity index (χ2v) is 6.61. The lowest BCUT2D eigenvalue weighted by Crippen LogP contribution is -2.39. The van der Waals surface area contributed by atoms with E-state index in [2.05, 4.69) is 24.1 Å². The Morgan fingerprint density at radius 3 is 2.48 bits per heavy atom. The molecule has 0 bridgehead atoms. The van der Waals surface area contributed by atoms with Crippen molar-refractivity contribution in [2.75, 3.05) is 53.4 Å². The highest BCUT2D eigenvalue weighted by atomic mass is 16.5. The van der Waals surface area contributed by atoms with Crippen LogP contribution in [0.15, 0.2) is 0 Å². The summed E-state index contributed by atoms with van der Waals surface area (Å²) < 4.78 is 5.84. The minimum Gasteiger partial charge on any atom is -0.378 e. The normalized spacial score (nSPS) is 16.7. The lowest BCUT2D eigenvalue weighted by atomic mass is 10.1. The van der Waals surface area contributed by atoms with Crippen molar-refractivity contribution in [3.8, 4) is 0 Å². The SMILES string of the molecule is CC(C)CN(CCN(C)C)C(=O)CCOC1CCNCC1. The molecule has 124 valence electrons. The summed E-state index contributed by atoms with van der Waals surface area (Å²) in [6.07, 6.45) is 2.96. The van der Waals surface area contributed by atoms with Gasteiger partial charge in [-0.15, -0.1) is 0 Å². The molecule has 1 rings (SSSR count). The minimum atomic E-state index is 0.222. The molecule has 0 aliphatic carbocycles. The van der Waals surface area contributed by atoms with Crippen molar-refractivity contribution in [1.29, 1.82) is 0 Å². The molecule has 5 nitrogen and oxygen atoms in total. The predicted octanol–water partition coefficient (Wildman–Crippen LogP) is 1.19. The third-order valence-electron chi connectivity index (χ3n) is 3.71. The van der Waals surface area contributed by atoms with Gasteiger partial charge in [0.2, 0.25) is 5.91 Å². The van der Waals surface area contributed by atoms with Gasteiger partial charge in [0.25, 0.3) is 0 Å². The zero-order valence-electron chi connectivity index (χ0n) is 14.2. The van der Waals surface area contributed by atoms with Gasteiger partial charge in [0.15, 0.2) is 0 Å². The monoisotopic (exact) mass is 299 g/mol. The molecule has 1 aliphatic heterocycles. The first kappa shape index (κ1) is 18.4. The van der Waals surface area contributed by atoms with Crippen LogP contribution in [-0.2, 0) is 9.53 Å². The van der Waals surface area contributed by atoms with Crippen molar-refractivity contribution in [1.82, 2.24) is 15.1 Å². The predicted molar refractivity (Wildman–Crippen MR) is 86.4 cm³/mol. The van der Waals surface area contributed by atoms with Gasteiger partial charge >= 0.3 is 0 Å². The first-order valence-corrected chi connectivity index (χ1v) is 8.24. The van der Waals surface area contributed by atoms with Gasteiger partial charge in [-0.05, 0) is 45.9 Å². The Bertz CT molecular complexity index is 289. The van der Waals surface area contributed by atoms with E-state index in [-0.39, 0.29) is 5.91 Å². The fourth-order valence-corrected chi connectivity index (χ4v) is 2.51. The van der Waals surface area contributed by atoms with E-state index in [4.69, 9.17) is 4.74 Å². The lowest BCUT2D eigenvalue weighted by Gasteiger charge is -2.27. The minimum absolute atomic E-state index is 0.222. The zero-order chi connectivity index (χ0) is 15.7. The molecule has 1 heterocycles. The average molecular weight is 299 g/mol. The van der Waals surface area contributed by atoms with E-state index in [1.807, 2.05) is 19.0 Å². The van der Waals surface area contributed by atoms with Crippen molar-refractivity contribution >= 4 is 5.91 Å². The summed E-state index contributed by atoms with van der Waals surface area (Å²) in [5.74, 6) is 0.723. The first-order valence-electron chi connectivity index (χ1n) is 8.24. The van der Waals surface area contributed by atoms with E-state index in [0.29, 0.717) is 25.0 Å². The van der Waals surface area contributed by atoms with Crippen LogP contribution in [0.2, 0.25) is 0 Å². The number of carbonyl (C=O) groups is 1. The van der Waals surface area contributed by atoms with Crippen molar-refractivity contribution in [2.24, 2.45) is 5.92 Å². The van der Waals surface area contributed by atoms with Crippen molar-refractivity contribution in [3.05, 3.63) is 0 Å². The molecule has 1 saturated heterocycles. The molecule has 0 saturated carbocycles. The standard InChI is InChI=1S/C16H33N3O2/c1-14(2)13-19(11-10-18(3)4)16(20)7-12-21-15-5-8-17-9-6-15/h14-15,17H,5-13H2,1-4H3. The van der Waals surface area contributed by atoms with E-state index in [9.17, 15) is 4.79 Å². The van der Waals surface area contributed by atoms with E-state index in [0.717, 1.165) is 45.6 Å². The number of amides is 1. The molecule has 1 fully saturated rings. The van der Waals surface area contributed by atoms with Crippen LogP contribution in [0.1, 0.15) is 33.1 Å². The number of hydrogen-bond donors (Lipinski definition) is 1. The summed E-state index contributed by atoms with van der Waals surface area (Å²) in [7, 11) is 4.08. The molecule has 0 aromatic carbocycles. The molecular weight excluding hydrogens is 266 g/mol. The van der Waals surface area contributed by atoms with Gasteiger partial charge in [0.05, 0.1) is 19.1 Å². The number of piperidine rings is 1. The second kappa shape index (κ2) is 10.1. The molecule has 1 amide bonds. The van der Waals surface area contributed by atoms with Crippen LogP contribution in [0.25, 0.3) is 0 Å². The van der Waals surface area contributed by atoms with Crippen molar-refractivity contribution in [3.63, 3.8) is 0 Å². The van der Waals surface area contributed by atoms with Crippen LogP contribution < -0.4 is 5.32 Å². The molecule has 0 aromatic rings. The number of hydrogen-bond acceptors (Lipinski definition) is 4. The Kier molecular flexibility index (Phi) is 8.88. The summed E-state index contributed by atoms with van der Waals surface area (Å²) in [5.41, 5.74) is 0. The smallest absolute Gasteiger partial charge is 0.224 e. The fraction of sp³-hybridized carbons (Fsp3) is 0.938. The second-order valence-electron chi connectivity index (χ2n) is 6.61. The first-order chi connectivity index (χ1) is 9.99. The van der Waals surface area contributed by atoms with Gasteiger partial charge in [-0.2, -0.15) is 0 Å². The summed E-state index contributed by atoms with van der Waals surface area (Å²) >= 11 is 0. The van der Waals surface area contributed by atoms with Crippen LogP contribution >= 0.6 is 0 Å². The maximum atomic E-state index is 12.3. The van der Waals surface area contributed by atoms with Crippen LogP contribution in [-0.4, -0.2) is 75.2 Å². The number of rotatable bonds is 9. The topological polar surface area (TPSA) is 44.8 Å². The maximum Gasteiger partial charge on any atom is 0.224 e. The third-order valence-corrected chi connectivity index (χ3v) is 3.71. The number of ether oxygens (including phenoxy) is 1. The molecule has 1 aliphatic rings. The zero-order valence-corrected chi connectivity index (χ0v) is 14.2. The van der Waals surface area contributed by atoms with Gasteiger partial charge in [0.1, 0.15) is 0 Å². The highest BCUT2D eigenvalue weighted by Crippen LogP contribution is 2.08. The van der Waals surface area contributed by atoms with Crippen LogP contribution in [0.3, 0.4) is 0 Å². The molecule has 21 heavy (non-hydrogen) atoms. The Labute approximate surface area is 130 Å². The Morgan fingerprint density at radius 1 is 1.24 bits per heavy atom. The van der Waals surface area contributed by atoms with Crippen LogP contribution in [0.4, 0.5) is 0 Å². The highest BCUT2D eigenvalue weighted by molar-refractivity contribution is 5.76. The Hall–Kier alpha value is -0.650. The molecule has 1 N–H and O–H groups in total. The number of nitrogens with one attached hydrogen (secondary N) is 1. The molecule has 0 spiro atoms. The summed E-state index contributed by atoms with van der Waals surface area (Å²) in [4.78, 5) is 16.4. The quantitative estimate of drug-likeness (QED) is 0.695. The largest absolute Gasteiger partial charge is 0.378 e. The van der Waals surface area contributed by atoms with Crippen molar-refractivity contribution in [2.45, 2.75) is 39.2 Å². The summed E-state index contributed by atoms with van der Waals surface area (Å²) in [6.45, 7) is 9.47. The number of likely N-dealkylation sites (N-methyl/N-ethyl adjacent to an activating group) is 1. The number of nitrogens with zero attached hydrogens (tertiary/aromatic N) is 2. The highest BCUT2D eigenvalue weighted by Gasteiger charge is 2.17. The molecular formula is C16H33N3O2. The van der Waals surface area contributed by atoms with Gasteiger partial charge in [-0.1, -0.05) is 13.8 Å². The Balaban J connectivity index is 2.29. The van der Waals surface area contributed by atoms with E-state index in [1.165, 1.54) is 0 Å². The summed E-state index contributed by atoms with van der Waals surface area (Å²) in [6, 6.07) is 0. The van der Waals surface area contributed by atoms with Crippen molar-refractivity contribution < 1.29 is 9.53 Å². The van der Waals surface area contributed by atoms with E-state index in [1.54, 1.807) is 0 Å². The molecule has 0 unspecified atom stereocenters. The van der Waals surface area contributed by atoms with Gasteiger partial charge in [-0.25, -0.2) is 0 Å². The Morgan fingerprint density at radius 2 is 1.90 bits per heavy atom. The molecule has 5 heteroatoms. The van der Waals surface area contributed by atoms with E-state index < -0.39 is 0 Å². The maximum absolute atomic E-state index is 12.3. The molecule has 0 radical (unpaired) electrons. The fourth-order valence-electron chi connectivity index (χ4n) is 2.51. The van der Waals surface area contributed by atoms with Gasteiger partial charge in [-0.3, -0.25) is 4.79 Å². The lowest BCUT2D eigenvalue weighted by molar-refractivity contribution is -0.133. The third kappa shape index (κ3) is 8.39. The van der Waals surface area contributed by atoms with Crippen LogP contribution in [0, 0.1) is 5.92 Å². The average Bonchev–Trinajstić information content (AvgIpc) is 2.44. The summed E-state index contributed by atoms with van der Waals surface area (Å²) in [5, 5.41) is 3.32. The van der Waals surface area contributed by atoms with Gasteiger partial charge in [0, 0.05) is 19.6 Å². The molecule has 0 aromatic heterocycles. The molecule has 0 atom stereocenters. The van der Waals surface area contributed by atoms with Crippen LogP contribution in [0.5, 0.6) is 0 Å². The van der Waals surface area contributed by atoms with Gasteiger partial charge < -0.3 is 19.9 Å². The number of carbonyl (C=O) groups excluding carboxylic acids is 1. The van der Waals surface area contributed by atoms with E-state index >= 15 is 0 Å².